The maximum Gasteiger partial charge on any atom is 0.138 e. The molecular weight excluding hydrogens is 242 g/mol. The van der Waals surface area contributed by atoms with Crippen LogP contribution in [0.15, 0.2) is 16.9 Å². The van der Waals surface area contributed by atoms with Crippen molar-refractivity contribution in [3.8, 4) is 0 Å². The zero-order chi connectivity index (χ0) is 13.4. The predicted octanol–water partition coefficient (Wildman–Crippen LogP) is 1.29. The van der Waals surface area contributed by atoms with E-state index in [1.54, 1.807) is 0 Å². The monoisotopic (exact) mass is 261 g/mol. The minimum atomic E-state index is 0.533. The molecule has 6 heteroatoms. The third kappa shape index (κ3) is 2.35. The topological polar surface area (TPSA) is 59.1 Å². The fraction of sp³-hybridized carbons (Fsp3) is 0.538. The Kier molecular flexibility index (Phi) is 3.02. The molecule has 102 valence electrons. The Morgan fingerprint density at radius 3 is 2.95 bits per heavy atom. The normalized spacial score (nSPS) is 19.3. The van der Waals surface area contributed by atoms with Crippen molar-refractivity contribution in [2.24, 2.45) is 0 Å². The lowest BCUT2D eigenvalue weighted by Crippen LogP contribution is -2.20. The van der Waals surface area contributed by atoms with Crippen LogP contribution in [0.25, 0.3) is 0 Å². The maximum atomic E-state index is 5.18. The number of rotatable bonds is 3. The molecule has 6 nitrogen and oxygen atoms in total. The molecule has 1 N–H and O–H groups in total. The van der Waals surface area contributed by atoms with Crippen molar-refractivity contribution in [3.63, 3.8) is 0 Å². The highest BCUT2D eigenvalue weighted by Crippen LogP contribution is 2.18. The van der Waals surface area contributed by atoms with Crippen LogP contribution in [-0.2, 0) is 6.54 Å². The first-order chi connectivity index (χ1) is 9.13. The Morgan fingerprint density at radius 2 is 2.32 bits per heavy atom. The summed E-state index contributed by atoms with van der Waals surface area (Å²) in [6.07, 6.45) is 3.99. The van der Waals surface area contributed by atoms with Crippen molar-refractivity contribution in [1.29, 1.82) is 0 Å². The highest BCUT2D eigenvalue weighted by molar-refractivity contribution is 5.43. The van der Waals surface area contributed by atoms with Gasteiger partial charge >= 0.3 is 0 Å². The summed E-state index contributed by atoms with van der Waals surface area (Å²) >= 11 is 0. The number of anilines is 1. The van der Waals surface area contributed by atoms with Crippen LogP contribution in [0.1, 0.15) is 23.9 Å². The largest absolute Gasteiger partial charge is 0.361 e. The van der Waals surface area contributed by atoms with Gasteiger partial charge in [-0.3, -0.25) is 10.00 Å². The van der Waals surface area contributed by atoms with Crippen LogP contribution >= 0.6 is 0 Å². The first-order valence-electron chi connectivity index (χ1n) is 6.56. The number of hydrogen-bond acceptors (Lipinski definition) is 5. The molecule has 3 heterocycles. The molecule has 1 unspecified atom stereocenters. The van der Waals surface area contributed by atoms with Crippen LogP contribution in [0.2, 0.25) is 0 Å². The van der Waals surface area contributed by atoms with Gasteiger partial charge in [-0.25, -0.2) is 0 Å². The summed E-state index contributed by atoms with van der Waals surface area (Å²) in [7, 11) is 0. The van der Waals surface area contributed by atoms with Crippen molar-refractivity contribution >= 4 is 5.69 Å². The van der Waals surface area contributed by atoms with Crippen LogP contribution in [0, 0.1) is 13.8 Å². The van der Waals surface area contributed by atoms with Gasteiger partial charge in [-0.1, -0.05) is 5.16 Å². The van der Waals surface area contributed by atoms with Crippen molar-refractivity contribution in [2.75, 3.05) is 18.1 Å². The summed E-state index contributed by atoms with van der Waals surface area (Å²) in [6.45, 7) is 8.70. The van der Waals surface area contributed by atoms with Crippen molar-refractivity contribution in [2.45, 2.75) is 33.4 Å². The summed E-state index contributed by atoms with van der Waals surface area (Å²) in [5, 5.41) is 11.8. The predicted molar refractivity (Wildman–Crippen MR) is 72.1 cm³/mol. The molecule has 2 aromatic heterocycles. The minimum Gasteiger partial charge on any atom is -0.361 e. The Bertz CT molecular complexity index is 554. The maximum absolute atomic E-state index is 5.18. The molecule has 0 saturated carbocycles. The Hall–Kier alpha value is -1.82. The average Bonchev–Trinajstić information content (AvgIpc) is 3.06. The molecule has 1 atom stereocenters. The second-order valence-corrected chi connectivity index (χ2v) is 5.18. The zero-order valence-corrected chi connectivity index (χ0v) is 11.6. The van der Waals surface area contributed by atoms with Crippen molar-refractivity contribution < 1.29 is 4.52 Å². The van der Waals surface area contributed by atoms with Gasteiger partial charge in [-0.05, 0) is 20.8 Å². The van der Waals surface area contributed by atoms with Gasteiger partial charge in [0.1, 0.15) is 5.76 Å². The lowest BCUT2D eigenvalue weighted by atomic mass is 10.2. The summed E-state index contributed by atoms with van der Waals surface area (Å²) in [4.78, 5) is 2.29. The van der Waals surface area contributed by atoms with E-state index in [0.29, 0.717) is 12.6 Å². The smallest absolute Gasteiger partial charge is 0.138 e. The van der Waals surface area contributed by atoms with E-state index < -0.39 is 0 Å². The molecule has 0 bridgehead atoms. The molecule has 19 heavy (non-hydrogen) atoms. The number of nitrogens with zero attached hydrogens (tertiary/aromatic N) is 4. The summed E-state index contributed by atoms with van der Waals surface area (Å²) in [5.41, 5.74) is 3.21. The minimum absolute atomic E-state index is 0.533. The molecule has 1 fully saturated rings. The molecule has 0 amide bonds. The van der Waals surface area contributed by atoms with Crippen LogP contribution in [0.5, 0.6) is 0 Å². The zero-order valence-electron chi connectivity index (χ0n) is 11.6. The summed E-state index contributed by atoms with van der Waals surface area (Å²) in [6, 6.07) is 0.533. The van der Waals surface area contributed by atoms with Gasteiger partial charge in [0.05, 0.1) is 30.8 Å². The molecular formula is C13H19N5O. The highest BCUT2D eigenvalue weighted by atomic mass is 16.5. The lowest BCUT2D eigenvalue weighted by molar-refractivity contribution is 0.391. The molecule has 1 saturated heterocycles. The molecule has 0 radical (unpaired) electrons. The van der Waals surface area contributed by atoms with Gasteiger partial charge in [0, 0.05) is 24.3 Å². The summed E-state index contributed by atoms with van der Waals surface area (Å²) in [5.74, 6) is 0.867. The van der Waals surface area contributed by atoms with E-state index in [4.69, 9.17) is 4.52 Å². The van der Waals surface area contributed by atoms with E-state index in [-0.39, 0.29) is 0 Å². The Labute approximate surface area is 112 Å². The van der Waals surface area contributed by atoms with E-state index in [9.17, 15) is 0 Å². The number of hydrogen-bond donors (Lipinski definition) is 1. The fourth-order valence-electron chi connectivity index (χ4n) is 2.41. The van der Waals surface area contributed by atoms with Crippen molar-refractivity contribution in [1.82, 2.24) is 20.3 Å². The SMILES string of the molecule is Cc1noc(C)c1Cn1cc(N2CNC(C)C2)cn1. The standard InChI is InChI=1S/C13H19N5O/c1-9-5-17(8-14-9)12-4-15-18(6-12)7-13-10(2)16-19-11(13)3/h4,6,9,14H,5,7-8H2,1-3H3. The molecule has 1 aliphatic heterocycles. The molecule has 2 aromatic rings. The quantitative estimate of drug-likeness (QED) is 0.902. The lowest BCUT2D eigenvalue weighted by Gasteiger charge is -2.13. The van der Waals surface area contributed by atoms with E-state index in [2.05, 4.69) is 33.6 Å². The molecule has 0 aromatic carbocycles. The molecule has 0 spiro atoms. The van der Waals surface area contributed by atoms with E-state index in [1.807, 2.05) is 24.7 Å². The van der Waals surface area contributed by atoms with E-state index in [0.717, 1.165) is 35.9 Å². The van der Waals surface area contributed by atoms with Gasteiger partial charge in [-0.2, -0.15) is 5.10 Å². The number of aromatic nitrogens is 3. The second-order valence-electron chi connectivity index (χ2n) is 5.18. The van der Waals surface area contributed by atoms with E-state index in [1.165, 1.54) is 0 Å². The second kappa shape index (κ2) is 4.70. The average molecular weight is 261 g/mol. The van der Waals surface area contributed by atoms with Gasteiger partial charge in [0.2, 0.25) is 0 Å². The first-order valence-corrected chi connectivity index (χ1v) is 6.56. The van der Waals surface area contributed by atoms with Crippen LogP contribution < -0.4 is 10.2 Å². The van der Waals surface area contributed by atoms with Gasteiger partial charge in [-0.15, -0.1) is 0 Å². The Morgan fingerprint density at radius 1 is 1.47 bits per heavy atom. The molecule has 1 aliphatic rings. The Balaban J connectivity index is 1.75. The number of aryl methyl sites for hydroxylation is 2. The highest BCUT2D eigenvalue weighted by Gasteiger charge is 2.19. The van der Waals surface area contributed by atoms with Gasteiger partial charge in [0.15, 0.2) is 0 Å². The molecule has 0 aliphatic carbocycles. The van der Waals surface area contributed by atoms with E-state index >= 15 is 0 Å². The summed E-state index contributed by atoms with van der Waals surface area (Å²) < 4.78 is 7.11. The third-order valence-electron chi connectivity index (χ3n) is 3.61. The van der Waals surface area contributed by atoms with Gasteiger partial charge < -0.3 is 9.42 Å². The van der Waals surface area contributed by atoms with Crippen LogP contribution in [-0.4, -0.2) is 34.2 Å². The third-order valence-corrected chi connectivity index (χ3v) is 3.61. The first kappa shape index (κ1) is 12.2. The van der Waals surface area contributed by atoms with Crippen LogP contribution in [0.3, 0.4) is 0 Å². The fourth-order valence-corrected chi connectivity index (χ4v) is 2.41. The molecule has 3 rings (SSSR count). The number of nitrogens with one attached hydrogen (secondary N) is 1. The van der Waals surface area contributed by atoms with Gasteiger partial charge in [0.25, 0.3) is 0 Å². The van der Waals surface area contributed by atoms with Crippen molar-refractivity contribution in [3.05, 3.63) is 29.4 Å². The van der Waals surface area contributed by atoms with Crippen LogP contribution in [0.4, 0.5) is 5.69 Å².